The van der Waals surface area contributed by atoms with Gasteiger partial charge in [-0.05, 0) is 57.1 Å². The predicted molar refractivity (Wildman–Crippen MR) is 77.8 cm³/mol. The maximum atomic E-state index is 3.76. The lowest BCUT2D eigenvalue weighted by molar-refractivity contribution is 0.0612. The second kappa shape index (κ2) is 5.94. The van der Waals surface area contributed by atoms with Crippen LogP contribution in [-0.2, 0) is 0 Å². The molecule has 2 fully saturated rings. The molecule has 1 aliphatic heterocycles. The molecule has 0 spiro atoms. The Kier molecular flexibility index (Phi) is 4.79. The number of hydrogen-bond acceptors (Lipinski definition) is 3. The highest BCUT2D eigenvalue weighted by atomic mass is 32.2. The van der Waals surface area contributed by atoms with Crippen LogP contribution in [0.2, 0.25) is 0 Å². The van der Waals surface area contributed by atoms with E-state index in [9.17, 15) is 0 Å². The van der Waals surface area contributed by atoms with Crippen LogP contribution in [0.15, 0.2) is 0 Å². The highest BCUT2D eigenvalue weighted by Gasteiger charge is 2.39. The quantitative estimate of drug-likeness (QED) is 0.735. The molecule has 100 valence electrons. The molecule has 2 rings (SSSR count). The molecular formula is C14H28N2S. The number of nitrogens with one attached hydrogen (secondary N) is 1. The van der Waals surface area contributed by atoms with Crippen LogP contribution >= 0.6 is 11.8 Å². The molecule has 1 aliphatic carbocycles. The average Bonchev–Trinajstić information content (AvgIpc) is 3.10. The Labute approximate surface area is 111 Å². The molecule has 1 N–H and O–H groups in total. The van der Waals surface area contributed by atoms with Gasteiger partial charge in [0, 0.05) is 24.7 Å². The van der Waals surface area contributed by atoms with Crippen LogP contribution in [0.5, 0.6) is 0 Å². The van der Waals surface area contributed by atoms with E-state index in [0.717, 1.165) is 18.5 Å². The molecule has 0 radical (unpaired) electrons. The van der Waals surface area contributed by atoms with Crippen LogP contribution in [0.1, 0.15) is 40.0 Å². The van der Waals surface area contributed by atoms with Crippen molar-refractivity contribution in [1.29, 1.82) is 0 Å². The molecule has 17 heavy (non-hydrogen) atoms. The van der Waals surface area contributed by atoms with Crippen LogP contribution in [0.4, 0.5) is 0 Å². The summed E-state index contributed by atoms with van der Waals surface area (Å²) in [7, 11) is 0. The Morgan fingerprint density at radius 2 is 2.12 bits per heavy atom. The fourth-order valence-electron chi connectivity index (χ4n) is 2.75. The third kappa shape index (κ3) is 3.87. The van der Waals surface area contributed by atoms with Gasteiger partial charge in [0.25, 0.3) is 0 Å². The second-order valence-electron chi connectivity index (χ2n) is 6.13. The minimum absolute atomic E-state index is 0.349. The maximum Gasteiger partial charge on any atom is 0.0278 e. The van der Waals surface area contributed by atoms with Gasteiger partial charge in [-0.3, -0.25) is 4.90 Å². The number of rotatable bonds is 6. The van der Waals surface area contributed by atoms with Crippen LogP contribution in [-0.4, -0.2) is 47.6 Å². The lowest BCUT2D eigenvalue weighted by Gasteiger charge is -2.46. The van der Waals surface area contributed by atoms with Crippen molar-refractivity contribution in [2.24, 2.45) is 5.92 Å². The highest BCUT2D eigenvalue weighted by molar-refractivity contribution is 7.99. The fraction of sp³-hybridized carbons (Fsp3) is 1.00. The molecule has 0 aromatic heterocycles. The Hall–Kier alpha value is 0.270. The van der Waals surface area contributed by atoms with Crippen LogP contribution in [0.3, 0.4) is 0 Å². The molecule has 0 bridgehead atoms. The van der Waals surface area contributed by atoms with E-state index in [1.165, 1.54) is 43.9 Å². The first kappa shape index (κ1) is 13.7. The Bertz CT molecular complexity index is 238. The van der Waals surface area contributed by atoms with Gasteiger partial charge in [0.15, 0.2) is 0 Å². The summed E-state index contributed by atoms with van der Waals surface area (Å²) in [6, 6.07) is 0.779. The van der Waals surface area contributed by atoms with E-state index < -0.39 is 0 Å². The second-order valence-corrected chi connectivity index (χ2v) is 7.53. The summed E-state index contributed by atoms with van der Waals surface area (Å²) in [5.41, 5.74) is 0.349. The minimum Gasteiger partial charge on any atom is -0.311 e. The van der Waals surface area contributed by atoms with E-state index in [4.69, 9.17) is 0 Å². The van der Waals surface area contributed by atoms with Crippen molar-refractivity contribution in [3.05, 3.63) is 0 Å². The maximum absolute atomic E-state index is 3.76. The van der Waals surface area contributed by atoms with Crippen molar-refractivity contribution in [3.63, 3.8) is 0 Å². The van der Waals surface area contributed by atoms with E-state index in [1.807, 2.05) is 0 Å². The van der Waals surface area contributed by atoms with Crippen molar-refractivity contribution < 1.29 is 0 Å². The molecule has 0 aromatic rings. The normalized spacial score (nSPS) is 29.5. The van der Waals surface area contributed by atoms with Gasteiger partial charge in [0.05, 0.1) is 0 Å². The van der Waals surface area contributed by atoms with Gasteiger partial charge in [0.2, 0.25) is 0 Å². The van der Waals surface area contributed by atoms with Crippen molar-refractivity contribution >= 4 is 11.8 Å². The molecular weight excluding hydrogens is 228 g/mol. The third-order valence-electron chi connectivity index (χ3n) is 4.18. The summed E-state index contributed by atoms with van der Waals surface area (Å²) in [5.74, 6) is 3.57. The van der Waals surface area contributed by atoms with Gasteiger partial charge in [-0.15, -0.1) is 0 Å². The zero-order chi connectivity index (χ0) is 12.3. The van der Waals surface area contributed by atoms with E-state index in [2.05, 4.69) is 42.7 Å². The molecule has 2 aliphatic rings. The average molecular weight is 256 g/mol. The van der Waals surface area contributed by atoms with Crippen molar-refractivity contribution in [3.8, 4) is 0 Å². The standard InChI is InChI=1S/C14H28N2S/c1-4-17-9-5-8-16-10-13(12-6-7-12)15-11-14(16,2)3/h12-13,15H,4-11H2,1-3H3. The monoisotopic (exact) mass is 256 g/mol. The first-order valence-corrected chi connectivity index (χ1v) is 8.35. The molecule has 1 unspecified atom stereocenters. The summed E-state index contributed by atoms with van der Waals surface area (Å²) >= 11 is 2.07. The van der Waals surface area contributed by atoms with Gasteiger partial charge in [0.1, 0.15) is 0 Å². The zero-order valence-electron chi connectivity index (χ0n) is 11.7. The highest BCUT2D eigenvalue weighted by Crippen LogP contribution is 2.35. The van der Waals surface area contributed by atoms with Crippen molar-refractivity contribution in [2.45, 2.75) is 51.6 Å². The molecule has 3 heteroatoms. The van der Waals surface area contributed by atoms with Crippen LogP contribution in [0, 0.1) is 5.92 Å². The SMILES string of the molecule is CCSCCCN1CC(C2CC2)NCC1(C)C. The van der Waals surface area contributed by atoms with Crippen LogP contribution < -0.4 is 5.32 Å². The van der Waals surface area contributed by atoms with E-state index >= 15 is 0 Å². The predicted octanol–water partition coefficient (Wildman–Crippen LogP) is 2.59. The minimum atomic E-state index is 0.349. The molecule has 1 saturated carbocycles. The first-order chi connectivity index (χ1) is 8.13. The Morgan fingerprint density at radius 1 is 1.35 bits per heavy atom. The smallest absolute Gasteiger partial charge is 0.0278 e. The van der Waals surface area contributed by atoms with Gasteiger partial charge in [-0.25, -0.2) is 0 Å². The van der Waals surface area contributed by atoms with Gasteiger partial charge in [-0.1, -0.05) is 6.92 Å². The van der Waals surface area contributed by atoms with E-state index in [-0.39, 0.29) is 0 Å². The van der Waals surface area contributed by atoms with Gasteiger partial charge >= 0.3 is 0 Å². The summed E-state index contributed by atoms with van der Waals surface area (Å²) < 4.78 is 0. The molecule has 1 atom stereocenters. The molecule has 2 nitrogen and oxygen atoms in total. The summed E-state index contributed by atoms with van der Waals surface area (Å²) in [5, 5.41) is 3.76. The lowest BCUT2D eigenvalue weighted by Crippen LogP contribution is -2.62. The summed E-state index contributed by atoms with van der Waals surface area (Å²) in [6.07, 6.45) is 4.26. The molecule has 1 saturated heterocycles. The lowest BCUT2D eigenvalue weighted by atomic mass is 9.95. The Morgan fingerprint density at radius 3 is 2.76 bits per heavy atom. The number of hydrogen-bond donors (Lipinski definition) is 1. The topological polar surface area (TPSA) is 15.3 Å². The van der Waals surface area contributed by atoms with Crippen molar-refractivity contribution in [2.75, 3.05) is 31.1 Å². The molecule has 1 heterocycles. The van der Waals surface area contributed by atoms with Crippen molar-refractivity contribution in [1.82, 2.24) is 10.2 Å². The summed E-state index contributed by atoms with van der Waals surface area (Å²) in [6.45, 7) is 10.7. The largest absolute Gasteiger partial charge is 0.311 e. The number of nitrogens with zero attached hydrogens (tertiary/aromatic N) is 1. The zero-order valence-corrected chi connectivity index (χ0v) is 12.5. The van der Waals surface area contributed by atoms with Gasteiger partial charge in [-0.2, -0.15) is 11.8 Å². The first-order valence-electron chi connectivity index (χ1n) is 7.19. The van der Waals surface area contributed by atoms with E-state index in [1.54, 1.807) is 0 Å². The van der Waals surface area contributed by atoms with Crippen LogP contribution in [0.25, 0.3) is 0 Å². The molecule has 0 aromatic carbocycles. The third-order valence-corrected chi connectivity index (χ3v) is 5.17. The Balaban J connectivity index is 1.78. The number of piperazine rings is 1. The molecule has 0 amide bonds. The van der Waals surface area contributed by atoms with Gasteiger partial charge < -0.3 is 5.32 Å². The number of thioether (sulfide) groups is 1. The fourth-order valence-corrected chi connectivity index (χ4v) is 3.37. The summed E-state index contributed by atoms with van der Waals surface area (Å²) in [4.78, 5) is 2.72. The van der Waals surface area contributed by atoms with E-state index in [0.29, 0.717) is 5.54 Å².